The monoisotopic (exact) mass is 397 g/mol. The minimum atomic E-state index is -4.51. The molecule has 2 aromatic rings. The SMILES string of the molecule is C[C@H](OC(=O)c1ccc(N)c([N+](=O)[O-])c1)C(=O)Nc1ccc(C(F)(F)F)cc1. The average Bonchev–Trinajstić information content (AvgIpc) is 2.61. The van der Waals surface area contributed by atoms with E-state index < -0.39 is 40.3 Å². The number of nitrogens with two attached hydrogens (primary N) is 1. The average molecular weight is 397 g/mol. The molecule has 3 N–H and O–H groups in total. The van der Waals surface area contributed by atoms with Crippen molar-refractivity contribution >= 4 is 28.9 Å². The Morgan fingerprint density at radius 3 is 2.32 bits per heavy atom. The number of nitrogens with one attached hydrogen (secondary N) is 1. The fourth-order valence-corrected chi connectivity index (χ4v) is 2.10. The Morgan fingerprint density at radius 2 is 1.79 bits per heavy atom. The number of carbonyl (C=O) groups is 2. The number of anilines is 2. The second-order valence-corrected chi connectivity index (χ2v) is 5.64. The fourth-order valence-electron chi connectivity index (χ4n) is 2.10. The number of ether oxygens (including phenoxy) is 1. The molecule has 2 aromatic carbocycles. The number of alkyl halides is 3. The second-order valence-electron chi connectivity index (χ2n) is 5.64. The van der Waals surface area contributed by atoms with Crippen LogP contribution in [0.4, 0.5) is 30.2 Å². The van der Waals surface area contributed by atoms with Gasteiger partial charge in [-0.15, -0.1) is 0 Å². The smallest absolute Gasteiger partial charge is 0.416 e. The van der Waals surface area contributed by atoms with E-state index in [-0.39, 0.29) is 16.9 Å². The lowest BCUT2D eigenvalue weighted by Gasteiger charge is -2.14. The van der Waals surface area contributed by atoms with Gasteiger partial charge >= 0.3 is 12.1 Å². The second kappa shape index (κ2) is 7.94. The van der Waals surface area contributed by atoms with Crippen LogP contribution >= 0.6 is 0 Å². The van der Waals surface area contributed by atoms with Crippen LogP contribution in [-0.4, -0.2) is 22.9 Å². The van der Waals surface area contributed by atoms with Crippen LogP contribution in [0.5, 0.6) is 0 Å². The van der Waals surface area contributed by atoms with Crippen molar-refractivity contribution in [3.8, 4) is 0 Å². The van der Waals surface area contributed by atoms with Gasteiger partial charge in [-0.1, -0.05) is 0 Å². The van der Waals surface area contributed by atoms with Gasteiger partial charge in [0, 0.05) is 11.8 Å². The first-order valence-electron chi connectivity index (χ1n) is 7.72. The quantitative estimate of drug-likeness (QED) is 0.345. The first-order valence-corrected chi connectivity index (χ1v) is 7.72. The molecule has 1 atom stereocenters. The van der Waals surface area contributed by atoms with Crippen molar-refractivity contribution in [1.29, 1.82) is 0 Å². The lowest BCUT2D eigenvalue weighted by atomic mass is 10.1. The number of rotatable bonds is 5. The molecule has 8 nitrogen and oxygen atoms in total. The number of nitrogens with zero attached hydrogens (tertiary/aromatic N) is 1. The van der Waals surface area contributed by atoms with Crippen molar-refractivity contribution in [1.82, 2.24) is 0 Å². The summed E-state index contributed by atoms with van der Waals surface area (Å²) in [4.78, 5) is 34.2. The normalized spacial score (nSPS) is 12.1. The third-order valence-corrected chi connectivity index (χ3v) is 3.60. The molecule has 0 bridgehead atoms. The number of benzene rings is 2. The van der Waals surface area contributed by atoms with Crippen LogP contribution in [0.3, 0.4) is 0 Å². The highest BCUT2D eigenvalue weighted by molar-refractivity contribution is 5.97. The van der Waals surface area contributed by atoms with Crippen molar-refractivity contribution in [2.45, 2.75) is 19.2 Å². The first kappa shape index (κ1) is 20.7. The van der Waals surface area contributed by atoms with Crippen LogP contribution in [0.1, 0.15) is 22.8 Å². The zero-order valence-electron chi connectivity index (χ0n) is 14.3. The number of carbonyl (C=O) groups excluding carboxylic acids is 2. The van der Waals surface area contributed by atoms with Crippen molar-refractivity contribution in [2.24, 2.45) is 0 Å². The van der Waals surface area contributed by atoms with Crippen LogP contribution in [0, 0.1) is 10.1 Å². The maximum Gasteiger partial charge on any atom is 0.416 e. The summed E-state index contributed by atoms with van der Waals surface area (Å²) in [5, 5.41) is 13.2. The lowest BCUT2D eigenvalue weighted by Crippen LogP contribution is -2.30. The highest BCUT2D eigenvalue weighted by Gasteiger charge is 2.30. The number of hydrogen-bond acceptors (Lipinski definition) is 6. The molecule has 0 aromatic heterocycles. The molecule has 1 amide bonds. The van der Waals surface area contributed by atoms with Gasteiger partial charge in [0.05, 0.1) is 16.1 Å². The molecule has 0 aliphatic heterocycles. The Balaban J connectivity index is 2.03. The maximum atomic E-state index is 12.5. The summed E-state index contributed by atoms with van der Waals surface area (Å²) in [5.74, 6) is -1.80. The van der Waals surface area contributed by atoms with E-state index in [4.69, 9.17) is 10.5 Å². The molecule has 0 aliphatic carbocycles. The summed E-state index contributed by atoms with van der Waals surface area (Å²) in [6, 6.07) is 6.96. The summed E-state index contributed by atoms with van der Waals surface area (Å²) in [7, 11) is 0. The van der Waals surface area contributed by atoms with Gasteiger partial charge < -0.3 is 15.8 Å². The molecule has 0 heterocycles. The summed E-state index contributed by atoms with van der Waals surface area (Å²) < 4.78 is 42.5. The summed E-state index contributed by atoms with van der Waals surface area (Å²) >= 11 is 0. The van der Waals surface area contributed by atoms with Gasteiger partial charge in [-0.05, 0) is 43.3 Å². The molecule has 0 saturated carbocycles. The summed E-state index contributed by atoms with van der Waals surface area (Å²) in [6.07, 6.45) is -5.82. The largest absolute Gasteiger partial charge is 0.449 e. The topological polar surface area (TPSA) is 125 Å². The predicted molar refractivity (Wildman–Crippen MR) is 92.5 cm³/mol. The number of halogens is 3. The van der Waals surface area contributed by atoms with E-state index in [2.05, 4.69) is 5.32 Å². The zero-order valence-corrected chi connectivity index (χ0v) is 14.3. The number of amides is 1. The molecule has 0 saturated heterocycles. The minimum absolute atomic E-state index is 0.0732. The Hall–Kier alpha value is -3.63. The van der Waals surface area contributed by atoms with E-state index in [1.54, 1.807) is 0 Å². The van der Waals surface area contributed by atoms with Gasteiger partial charge in [-0.2, -0.15) is 13.2 Å². The van der Waals surface area contributed by atoms with Crippen LogP contribution in [0.25, 0.3) is 0 Å². The van der Waals surface area contributed by atoms with Gasteiger partial charge in [0.25, 0.3) is 11.6 Å². The number of hydrogen-bond donors (Lipinski definition) is 2. The van der Waals surface area contributed by atoms with Crippen LogP contribution < -0.4 is 11.1 Å². The van der Waals surface area contributed by atoms with E-state index in [0.29, 0.717) is 0 Å². The van der Waals surface area contributed by atoms with Gasteiger partial charge in [-0.3, -0.25) is 14.9 Å². The molecule has 11 heteroatoms. The van der Waals surface area contributed by atoms with Crippen LogP contribution in [0.15, 0.2) is 42.5 Å². The molecule has 0 fully saturated rings. The number of nitro benzene ring substituents is 1. The maximum absolute atomic E-state index is 12.5. The molecular weight excluding hydrogens is 383 g/mol. The van der Waals surface area contributed by atoms with Crippen molar-refractivity contribution in [3.05, 3.63) is 63.7 Å². The Morgan fingerprint density at radius 1 is 1.18 bits per heavy atom. The van der Waals surface area contributed by atoms with Crippen LogP contribution in [0.2, 0.25) is 0 Å². The standard InChI is InChI=1S/C17H14F3N3O5/c1-9(15(24)22-12-5-3-11(4-6-12)17(18,19)20)28-16(25)10-2-7-13(21)14(8-10)23(26)27/h2-9H,21H2,1H3,(H,22,24)/t9-/m0/s1. The molecule has 28 heavy (non-hydrogen) atoms. The van der Waals surface area contributed by atoms with E-state index in [0.717, 1.165) is 36.4 Å². The van der Waals surface area contributed by atoms with E-state index in [1.807, 2.05) is 0 Å². The molecule has 148 valence electrons. The Labute approximate surface area is 156 Å². The molecule has 0 aliphatic rings. The first-order chi connectivity index (χ1) is 13.0. The number of nitrogen functional groups attached to an aromatic ring is 1. The molecule has 2 rings (SSSR count). The third kappa shape index (κ3) is 4.96. The molecule has 0 unspecified atom stereocenters. The van der Waals surface area contributed by atoms with Crippen molar-refractivity contribution in [2.75, 3.05) is 11.1 Å². The fraction of sp³-hybridized carbons (Fsp3) is 0.176. The van der Waals surface area contributed by atoms with Crippen molar-refractivity contribution in [3.63, 3.8) is 0 Å². The molecular formula is C17H14F3N3O5. The van der Waals surface area contributed by atoms with E-state index in [9.17, 15) is 32.9 Å². The lowest BCUT2D eigenvalue weighted by molar-refractivity contribution is -0.383. The minimum Gasteiger partial charge on any atom is -0.449 e. The highest BCUT2D eigenvalue weighted by Crippen LogP contribution is 2.30. The summed E-state index contributed by atoms with van der Waals surface area (Å²) in [5.41, 5.74) is 3.81. The summed E-state index contributed by atoms with van der Waals surface area (Å²) in [6.45, 7) is 1.24. The number of esters is 1. The van der Waals surface area contributed by atoms with Gasteiger partial charge in [0.2, 0.25) is 0 Å². The van der Waals surface area contributed by atoms with Gasteiger partial charge in [0.1, 0.15) is 5.69 Å². The van der Waals surface area contributed by atoms with Gasteiger partial charge in [0.15, 0.2) is 6.10 Å². The third-order valence-electron chi connectivity index (χ3n) is 3.60. The molecule has 0 radical (unpaired) electrons. The van der Waals surface area contributed by atoms with Gasteiger partial charge in [-0.25, -0.2) is 4.79 Å². The molecule has 0 spiro atoms. The van der Waals surface area contributed by atoms with E-state index in [1.165, 1.54) is 13.0 Å². The zero-order chi connectivity index (χ0) is 21.1. The Kier molecular flexibility index (Phi) is 5.87. The highest BCUT2D eigenvalue weighted by atomic mass is 19.4. The van der Waals surface area contributed by atoms with Crippen molar-refractivity contribution < 1.29 is 32.4 Å². The predicted octanol–water partition coefficient (Wildman–Crippen LogP) is 3.38. The number of nitro groups is 1. The van der Waals surface area contributed by atoms with Crippen LogP contribution in [-0.2, 0) is 15.7 Å². The Bertz CT molecular complexity index is 913. The van der Waals surface area contributed by atoms with E-state index >= 15 is 0 Å².